The van der Waals surface area contributed by atoms with E-state index in [2.05, 4.69) is 21.2 Å². The zero-order valence-corrected chi connectivity index (χ0v) is 12.8. The van der Waals surface area contributed by atoms with Crippen LogP contribution in [0.4, 0.5) is 5.69 Å². The van der Waals surface area contributed by atoms with Gasteiger partial charge in [-0.2, -0.15) is 0 Å². The van der Waals surface area contributed by atoms with E-state index in [9.17, 15) is 13.5 Å². The fourth-order valence-corrected chi connectivity index (χ4v) is 2.58. The van der Waals surface area contributed by atoms with Gasteiger partial charge in [0.05, 0.1) is 4.90 Å². The van der Waals surface area contributed by atoms with Gasteiger partial charge in [0.15, 0.2) is 0 Å². The summed E-state index contributed by atoms with van der Waals surface area (Å²) >= 11 is 3.33. The molecule has 0 aliphatic heterocycles. The Labute approximate surface area is 125 Å². The zero-order valence-electron chi connectivity index (χ0n) is 10.4. The summed E-state index contributed by atoms with van der Waals surface area (Å²) in [7, 11) is -3.67. The highest BCUT2D eigenvalue weighted by Crippen LogP contribution is 2.23. The van der Waals surface area contributed by atoms with Crippen molar-refractivity contribution in [2.75, 3.05) is 5.32 Å². The van der Waals surface area contributed by atoms with Gasteiger partial charge >= 0.3 is 0 Å². The van der Waals surface area contributed by atoms with E-state index in [0.717, 1.165) is 15.7 Å². The molecule has 4 N–H and O–H groups in total. The van der Waals surface area contributed by atoms with Gasteiger partial charge in [-0.3, -0.25) is 0 Å². The minimum atomic E-state index is -3.67. The second-order valence-corrected chi connectivity index (χ2v) is 6.67. The summed E-state index contributed by atoms with van der Waals surface area (Å²) in [6.07, 6.45) is 0. The van der Waals surface area contributed by atoms with E-state index < -0.39 is 10.0 Å². The molecule has 0 amide bonds. The number of hydrogen-bond acceptors (Lipinski definition) is 4. The van der Waals surface area contributed by atoms with Crippen LogP contribution in [0.1, 0.15) is 5.56 Å². The van der Waals surface area contributed by atoms with Crippen molar-refractivity contribution < 1.29 is 13.5 Å². The van der Waals surface area contributed by atoms with E-state index in [4.69, 9.17) is 5.14 Å². The molecule has 2 aromatic carbocycles. The minimum Gasteiger partial charge on any atom is -0.508 e. The van der Waals surface area contributed by atoms with Crippen molar-refractivity contribution in [3.63, 3.8) is 0 Å². The number of sulfonamides is 1. The van der Waals surface area contributed by atoms with Crippen LogP contribution in [0, 0.1) is 0 Å². The molecule has 0 saturated carbocycles. The number of rotatable bonds is 4. The number of hydrogen-bond donors (Lipinski definition) is 3. The third-order valence-corrected chi connectivity index (χ3v) is 4.13. The van der Waals surface area contributed by atoms with Crippen molar-refractivity contribution in [1.82, 2.24) is 0 Å². The predicted octanol–water partition coefficient (Wildman–Crippen LogP) is 2.41. The Morgan fingerprint density at radius 3 is 2.40 bits per heavy atom. The van der Waals surface area contributed by atoms with E-state index in [0.29, 0.717) is 6.54 Å². The maximum atomic E-state index is 11.1. The van der Waals surface area contributed by atoms with Crippen LogP contribution in [0.15, 0.2) is 51.8 Å². The summed E-state index contributed by atoms with van der Waals surface area (Å²) in [5.74, 6) is 0.196. The van der Waals surface area contributed by atoms with Crippen molar-refractivity contribution >= 4 is 31.6 Å². The van der Waals surface area contributed by atoms with Gasteiger partial charge in [0.2, 0.25) is 10.0 Å². The van der Waals surface area contributed by atoms with E-state index in [1.54, 1.807) is 30.3 Å². The SMILES string of the molecule is NS(=O)(=O)c1ccc(NCc2cc(Br)ccc2O)cc1. The molecule has 0 aromatic heterocycles. The molecule has 2 aromatic rings. The van der Waals surface area contributed by atoms with Gasteiger partial charge < -0.3 is 10.4 Å². The Balaban J connectivity index is 2.10. The first-order chi connectivity index (χ1) is 9.36. The molecule has 106 valence electrons. The van der Waals surface area contributed by atoms with E-state index in [1.165, 1.54) is 12.1 Å². The first kappa shape index (κ1) is 14.8. The molecule has 0 unspecified atom stereocenters. The molecule has 7 heteroatoms. The molecule has 5 nitrogen and oxygen atoms in total. The molecule has 2 rings (SSSR count). The topological polar surface area (TPSA) is 92.4 Å². The summed E-state index contributed by atoms with van der Waals surface area (Å²) in [5.41, 5.74) is 1.46. The molecule has 0 fully saturated rings. The molecular weight excluding hydrogens is 344 g/mol. The number of aromatic hydroxyl groups is 1. The van der Waals surface area contributed by atoms with Gasteiger partial charge in [-0.05, 0) is 42.5 Å². The predicted molar refractivity (Wildman–Crippen MR) is 80.9 cm³/mol. The monoisotopic (exact) mass is 356 g/mol. The first-order valence-corrected chi connectivity index (χ1v) is 8.04. The average molecular weight is 357 g/mol. The number of nitrogens with two attached hydrogens (primary N) is 1. The van der Waals surface area contributed by atoms with Crippen molar-refractivity contribution in [2.24, 2.45) is 5.14 Å². The van der Waals surface area contributed by atoms with Gasteiger partial charge in [-0.15, -0.1) is 0 Å². The number of nitrogens with one attached hydrogen (secondary N) is 1. The lowest BCUT2D eigenvalue weighted by Crippen LogP contribution is -2.12. The number of anilines is 1. The fraction of sp³-hybridized carbons (Fsp3) is 0.0769. The van der Waals surface area contributed by atoms with Gasteiger partial charge in [0, 0.05) is 22.3 Å². The molecule has 0 heterocycles. The summed E-state index contributed by atoms with van der Waals surface area (Å²) in [6, 6.07) is 11.3. The maximum absolute atomic E-state index is 11.1. The molecule has 0 radical (unpaired) electrons. The second kappa shape index (κ2) is 5.82. The van der Waals surface area contributed by atoms with E-state index in [-0.39, 0.29) is 10.6 Å². The highest BCUT2D eigenvalue weighted by atomic mass is 79.9. The van der Waals surface area contributed by atoms with Crippen LogP contribution in [0.2, 0.25) is 0 Å². The summed E-state index contributed by atoms with van der Waals surface area (Å²) in [5, 5.41) is 17.8. The summed E-state index contributed by atoms with van der Waals surface area (Å²) in [4.78, 5) is 0.0633. The molecule has 20 heavy (non-hydrogen) atoms. The second-order valence-electron chi connectivity index (χ2n) is 4.20. The maximum Gasteiger partial charge on any atom is 0.238 e. The van der Waals surface area contributed by atoms with Crippen molar-refractivity contribution in [1.29, 1.82) is 0 Å². The van der Waals surface area contributed by atoms with Crippen LogP contribution in [0.5, 0.6) is 5.75 Å². The van der Waals surface area contributed by atoms with E-state index in [1.807, 2.05) is 0 Å². The van der Waals surface area contributed by atoms with Crippen LogP contribution in [-0.4, -0.2) is 13.5 Å². The lowest BCUT2D eigenvalue weighted by Gasteiger charge is -2.09. The Morgan fingerprint density at radius 2 is 1.80 bits per heavy atom. The highest BCUT2D eigenvalue weighted by Gasteiger charge is 2.07. The third-order valence-electron chi connectivity index (χ3n) is 2.71. The van der Waals surface area contributed by atoms with Gasteiger partial charge in [-0.25, -0.2) is 13.6 Å². The molecule has 0 aliphatic carbocycles. The smallest absolute Gasteiger partial charge is 0.238 e. The average Bonchev–Trinajstić information content (AvgIpc) is 2.39. The molecule has 0 saturated heterocycles. The number of primary sulfonamides is 1. The van der Waals surface area contributed by atoms with Crippen LogP contribution in [-0.2, 0) is 16.6 Å². The van der Waals surface area contributed by atoms with Crippen molar-refractivity contribution in [2.45, 2.75) is 11.4 Å². The lowest BCUT2D eigenvalue weighted by atomic mass is 10.2. The van der Waals surface area contributed by atoms with Crippen LogP contribution < -0.4 is 10.5 Å². The minimum absolute atomic E-state index is 0.0633. The Morgan fingerprint density at radius 1 is 1.15 bits per heavy atom. The summed E-state index contributed by atoms with van der Waals surface area (Å²) < 4.78 is 23.1. The Kier molecular flexibility index (Phi) is 4.32. The summed E-state index contributed by atoms with van der Waals surface area (Å²) in [6.45, 7) is 0.417. The quantitative estimate of drug-likeness (QED) is 0.784. The van der Waals surface area contributed by atoms with Crippen molar-refractivity contribution in [3.05, 3.63) is 52.5 Å². The standard InChI is InChI=1S/C13H13BrN2O3S/c14-10-1-6-13(17)9(7-10)8-16-11-2-4-12(5-3-11)20(15,18)19/h1-7,16-17H,8H2,(H2,15,18,19). The highest BCUT2D eigenvalue weighted by molar-refractivity contribution is 9.10. The lowest BCUT2D eigenvalue weighted by molar-refractivity contribution is 0.469. The van der Waals surface area contributed by atoms with Crippen molar-refractivity contribution in [3.8, 4) is 5.75 Å². The molecule has 0 aliphatic rings. The fourth-order valence-electron chi connectivity index (χ4n) is 1.66. The number of halogens is 1. The van der Waals surface area contributed by atoms with Crippen LogP contribution in [0.3, 0.4) is 0 Å². The molecule has 0 spiro atoms. The van der Waals surface area contributed by atoms with Gasteiger partial charge in [0.1, 0.15) is 5.75 Å². The largest absolute Gasteiger partial charge is 0.508 e. The van der Waals surface area contributed by atoms with E-state index >= 15 is 0 Å². The Bertz CT molecular complexity index is 715. The normalized spacial score (nSPS) is 11.3. The third kappa shape index (κ3) is 3.72. The van der Waals surface area contributed by atoms with Gasteiger partial charge in [0.25, 0.3) is 0 Å². The molecule has 0 atom stereocenters. The zero-order chi connectivity index (χ0) is 14.8. The first-order valence-electron chi connectivity index (χ1n) is 5.70. The number of phenols is 1. The van der Waals surface area contributed by atoms with Crippen LogP contribution in [0.25, 0.3) is 0 Å². The van der Waals surface area contributed by atoms with Gasteiger partial charge in [-0.1, -0.05) is 15.9 Å². The Hall–Kier alpha value is -1.57. The number of phenolic OH excluding ortho intramolecular Hbond substituents is 1. The molecular formula is C13H13BrN2O3S. The number of benzene rings is 2. The van der Waals surface area contributed by atoms with Crippen LogP contribution >= 0.6 is 15.9 Å². The molecule has 0 bridgehead atoms.